The van der Waals surface area contributed by atoms with E-state index in [1.165, 1.54) is 5.56 Å². The first kappa shape index (κ1) is 16.3. The molecule has 0 radical (unpaired) electrons. The van der Waals surface area contributed by atoms with E-state index in [9.17, 15) is 9.59 Å². The van der Waals surface area contributed by atoms with Gasteiger partial charge in [0.25, 0.3) is 0 Å². The summed E-state index contributed by atoms with van der Waals surface area (Å²) < 4.78 is 5.63. The number of amides is 1. The molecule has 0 aromatic heterocycles. The van der Waals surface area contributed by atoms with Gasteiger partial charge in [-0.25, -0.2) is 0 Å². The molecule has 1 aromatic rings. The van der Waals surface area contributed by atoms with Gasteiger partial charge in [-0.1, -0.05) is 17.7 Å². The van der Waals surface area contributed by atoms with Gasteiger partial charge in [0.2, 0.25) is 5.91 Å². The summed E-state index contributed by atoms with van der Waals surface area (Å²) in [5.41, 5.74) is 1.67. The molecule has 0 unspecified atom stereocenters. The summed E-state index contributed by atoms with van der Waals surface area (Å²) in [4.78, 5) is 22.9. The molecule has 0 bridgehead atoms. The average Bonchev–Trinajstić information content (AvgIpc) is 2.38. The first-order valence-electron chi connectivity index (χ1n) is 7.63. The van der Waals surface area contributed by atoms with Crippen LogP contribution in [-0.4, -0.2) is 29.1 Å². The van der Waals surface area contributed by atoms with Crippen molar-refractivity contribution in [2.75, 3.05) is 6.61 Å². The molecule has 0 spiro atoms. The molecule has 1 saturated carbocycles. The monoisotopic (exact) mass is 305 g/mol. The molecule has 120 valence electrons. The molecule has 0 heterocycles. The maximum Gasteiger partial charge on any atom is 0.305 e. The number of hydrogen-bond acceptors (Lipinski definition) is 3. The number of benzene rings is 1. The predicted molar refractivity (Wildman–Crippen MR) is 83.0 cm³/mol. The molecule has 2 rings (SSSR count). The normalized spacial score (nSPS) is 15.7. The van der Waals surface area contributed by atoms with E-state index >= 15 is 0 Å². The number of carbonyl (C=O) groups excluding carboxylic acids is 1. The molecule has 22 heavy (non-hydrogen) atoms. The van der Waals surface area contributed by atoms with Crippen LogP contribution < -0.4 is 10.1 Å². The molecule has 0 atom stereocenters. The van der Waals surface area contributed by atoms with Gasteiger partial charge in [0.1, 0.15) is 5.75 Å². The molecule has 1 aliphatic rings. The van der Waals surface area contributed by atoms with Crippen molar-refractivity contribution >= 4 is 11.9 Å². The van der Waals surface area contributed by atoms with Gasteiger partial charge < -0.3 is 15.2 Å². The Hall–Kier alpha value is -2.04. The zero-order valence-electron chi connectivity index (χ0n) is 13.1. The molecule has 0 aliphatic heterocycles. The van der Waals surface area contributed by atoms with Gasteiger partial charge in [-0.05, 0) is 44.7 Å². The second kappa shape index (κ2) is 6.81. The highest BCUT2D eigenvalue weighted by molar-refractivity contribution is 5.78. The van der Waals surface area contributed by atoms with Gasteiger partial charge >= 0.3 is 5.97 Å². The summed E-state index contributed by atoms with van der Waals surface area (Å²) in [5.74, 6) is -0.237. The lowest BCUT2D eigenvalue weighted by molar-refractivity contribution is -0.140. The highest BCUT2D eigenvalue weighted by Crippen LogP contribution is 2.35. The SMILES string of the molecule is Cc1ccc(OCCC(=O)NC2(CC(=O)O)CCC2)c(C)c1. The van der Waals surface area contributed by atoms with E-state index in [0.29, 0.717) is 6.61 Å². The standard InChI is InChI=1S/C17H23NO4/c1-12-4-5-14(13(2)10-12)22-9-6-15(19)18-17(7-3-8-17)11-16(20)21/h4-5,10H,3,6-9,11H2,1-2H3,(H,18,19)(H,20,21). The van der Waals surface area contributed by atoms with Crippen molar-refractivity contribution in [3.63, 3.8) is 0 Å². The van der Waals surface area contributed by atoms with Gasteiger partial charge in [-0.2, -0.15) is 0 Å². The maximum atomic E-state index is 12.0. The number of aliphatic carboxylic acids is 1. The fourth-order valence-electron chi connectivity index (χ4n) is 2.81. The van der Waals surface area contributed by atoms with Crippen LogP contribution in [0.1, 0.15) is 43.2 Å². The Balaban J connectivity index is 1.79. The third-order valence-electron chi connectivity index (χ3n) is 4.12. The molecular formula is C17H23NO4. The third-order valence-corrected chi connectivity index (χ3v) is 4.12. The summed E-state index contributed by atoms with van der Waals surface area (Å²) in [6, 6.07) is 5.91. The van der Waals surface area contributed by atoms with Crippen LogP contribution in [-0.2, 0) is 9.59 Å². The number of ether oxygens (including phenoxy) is 1. The highest BCUT2D eigenvalue weighted by Gasteiger charge is 2.40. The van der Waals surface area contributed by atoms with Gasteiger partial charge in [0.05, 0.1) is 25.0 Å². The van der Waals surface area contributed by atoms with E-state index in [4.69, 9.17) is 9.84 Å². The van der Waals surface area contributed by atoms with Crippen molar-refractivity contribution < 1.29 is 19.4 Å². The summed E-state index contributed by atoms with van der Waals surface area (Å²) in [5, 5.41) is 11.8. The summed E-state index contributed by atoms with van der Waals surface area (Å²) in [6.07, 6.45) is 2.67. The minimum atomic E-state index is -0.869. The first-order valence-corrected chi connectivity index (χ1v) is 7.63. The molecule has 1 amide bonds. The fourth-order valence-corrected chi connectivity index (χ4v) is 2.81. The molecule has 5 nitrogen and oxygen atoms in total. The van der Waals surface area contributed by atoms with Crippen molar-refractivity contribution in [2.45, 2.75) is 51.5 Å². The van der Waals surface area contributed by atoms with Crippen molar-refractivity contribution in [1.82, 2.24) is 5.32 Å². The number of aryl methyl sites for hydroxylation is 2. The van der Waals surface area contributed by atoms with Crippen LogP contribution in [0.15, 0.2) is 18.2 Å². The summed E-state index contributed by atoms with van der Waals surface area (Å²) >= 11 is 0. The maximum absolute atomic E-state index is 12.0. The van der Waals surface area contributed by atoms with E-state index in [-0.39, 0.29) is 18.7 Å². The van der Waals surface area contributed by atoms with Crippen LogP contribution in [0.3, 0.4) is 0 Å². The number of rotatable bonds is 7. The Labute approximate surface area is 130 Å². The van der Waals surface area contributed by atoms with Gasteiger partial charge in [-0.15, -0.1) is 0 Å². The highest BCUT2D eigenvalue weighted by atomic mass is 16.5. The number of hydrogen-bond donors (Lipinski definition) is 2. The van der Waals surface area contributed by atoms with Crippen molar-refractivity contribution in [1.29, 1.82) is 0 Å². The Morgan fingerprint density at radius 3 is 2.59 bits per heavy atom. The van der Waals surface area contributed by atoms with Crippen molar-refractivity contribution in [3.05, 3.63) is 29.3 Å². The predicted octanol–water partition coefficient (Wildman–Crippen LogP) is 2.59. The topological polar surface area (TPSA) is 75.6 Å². The number of nitrogens with one attached hydrogen (secondary N) is 1. The van der Waals surface area contributed by atoms with Gasteiger partial charge in [-0.3, -0.25) is 9.59 Å². The molecule has 2 N–H and O–H groups in total. The zero-order chi connectivity index (χ0) is 16.2. The van der Waals surface area contributed by atoms with Crippen LogP contribution in [0.5, 0.6) is 5.75 Å². The van der Waals surface area contributed by atoms with Gasteiger partial charge in [0.15, 0.2) is 0 Å². The Morgan fingerprint density at radius 1 is 1.32 bits per heavy atom. The number of carboxylic acids is 1. The van der Waals surface area contributed by atoms with E-state index in [2.05, 4.69) is 5.32 Å². The van der Waals surface area contributed by atoms with Crippen LogP contribution in [0.4, 0.5) is 0 Å². The summed E-state index contributed by atoms with van der Waals surface area (Å²) in [7, 11) is 0. The minimum absolute atomic E-state index is 0.00331. The van der Waals surface area contributed by atoms with Gasteiger partial charge in [0, 0.05) is 0 Å². The second-order valence-corrected chi connectivity index (χ2v) is 6.12. The van der Waals surface area contributed by atoms with Crippen molar-refractivity contribution in [2.24, 2.45) is 0 Å². The fraction of sp³-hybridized carbons (Fsp3) is 0.529. The lowest BCUT2D eigenvalue weighted by Crippen LogP contribution is -2.54. The van der Waals surface area contributed by atoms with Crippen LogP contribution >= 0.6 is 0 Å². The first-order chi connectivity index (χ1) is 10.4. The van der Waals surface area contributed by atoms with E-state index < -0.39 is 11.5 Å². The van der Waals surface area contributed by atoms with Crippen molar-refractivity contribution in [3.8, 4) is 5.75 Å². The minimum Gasteiger partial charge on any atom is -0.493 e. The Morgan fingerprint density at radius 2 is 2.05 bits per heavy atom. The van der Waals surface area contributed by atoms with Crippen LogP contribution in [0.25, 0.3) is 0 Å². The van der Waals surface area contributed by atoms with Crippen LogP contribution in [0, 0.1) is 13.8 Å². The quantitative estimate of drug-likeness (QED) is 0.812. The zero-order valence-corrected chi connectivity index (χ0v) is 13.1. The molecular weight excluding hydrogens is 282 g/mol. The van der Waals surface area contributed by atoms with E-state index in [0.717, 1.165) is 30.6 Å². The lowest BCUT2D eigenvalue weighted by Gasteiger charge is -2.41. The third kappa shape index (κ3) is 4.23. The van der Waals surface area contributed by atoms with E-state index in [1.54, 1.807) is 0 Å². The average molecular weight is 305 g/mol. The van der Waals surface area contributed by atoms with Crippen LogP contribution in [0.2, 0.25) is 0 Å². The number of carboxylic acid groups (broad SMARTS) is 1. The largest absolute Gasteiger partial charge is 0.493 e. The molecule has 1 aromatic carbocycles. The Kier molecular flexibility index (Phi) is 5.06. The smallest absolute Gasteiger partial charge is 0.305 e. The lowest BCUT2D eigenvalue weighted by atomic mass is 9.74. The molecule has 5 heteroatoms. The van der Waals surface area contributed by atoms with E-state index in [1.807, 2.05) is 32.0 Å². The summed E-state index contributed by atoms with van der Waals surface area (Å²) in [6.45, 7) is 4.28. The number of carbonyl (C=O) groups is 2. The second-order valence-electron chi connectivity index (χ2n) is 6.12. The molecule has 1 fully saturated rings. The molecule has 1 aliphatic carbocycles. The Bertz CT molecular complexity index is 564. The molecule has 0 saturated heterocycles.